The van der Waals surface area contributed by atoms with E-state index < -0.39 is 29.5 Å². The maximum absolute atomic E-state index is 17.5. The quantitative estimate of drug-likeness (QED) is 0.332. The van der Waals surface area contributed by atoms with E-state index in [4.69, 9.17) is 32.7 Å². The highest BCUT2D eigenvalue weighted by Gasteiger charge is 2.59. The number of rotatable bonds is 10. The fourth-order valence-electron chi connectivity index (χ4n) is 4.84. The molecule has 2 amide bonds. The fraction of sp³-hybridized carbons (Fsp3) is 0.345. The van der Waals surface area contributed by atoms with Crippen LogP contribution in [0.25, 0.3) is 11.1 Å². The molecule has 1 unspecified atom stereocenters. The summed E-state index contributed by atoms with van der Waals surface area (Å²) in [4.78, 5) is 31.4. The number of imide groups is 1. The monoisotopic (exact) mass is 588 g/mol. The van der Waals surface area contributed by atoms with Crippen molar-refractivity contribution in [1.29, 1.82) is 0 Å². The number of nitrogens with zero attached hydrogens (tertiary/aromatic N) is 2. The summed E-state index contributed by atoms with van der Waals surface area (Å²) in [5, 5.41) is 20.2. The standard InChI is InChI=1S/C29H27Cl2FN2O6/c1-17(36)26(37)34-27(38)23-9-8-22(18-2-4-19(30)5-3-18)24(14-21-7-6-20(31)15-33-21)25(23)29(34,32)40-16-28(10-11-28)39-13-12-35/h2-9,15,17,35-36H,10-14,16H2,1H3/t17?,29-/m1/s1. The van der Waals surface area contributed by atoms with Crippen LogP contribution >= 0.6 is 23.2 Å². The minimum Gasteiger partial charge on any atom is -0.394 e. The van der Waals surface area contributed by atoms with Crippen molar-refractivity contribution >= 4 is 35.0 Å². The van der Waals surface area contributed by atoms with Crippen molar-refractivity contribution in [2.24, 2.45) is 0 Å². The van der Waals surface area contributed by atoms with Gasteiger partial charge in [0.2, 0.25) is 0 Å². The van der Waals surface area contributed by atoms with Gasteiger partial charge in [-0.1, -0.05) is 41.4 Å². The van der Waals surface area contributed by atoms with Crippen molar-refractivity contribution in [2.45, 2.75) is 43.9 Å². The van der Waals surface area contributed by atoms with Gasteiger partial charge in [-0.25, -0.2) is 4.90 Å². The molecule has 0 radical (unpaired) electrons. The second-order valence-corrected chi connectivity index (χ2v) is 10.8. The molecule has 40 heavy (non-hydrogen) atoms. The van der Waals surface area contributed by atoms with E-state index in [9.17, 15) is 19.8 Å². The lowest BCUT2D eigenvalue weighted by atomic mass is 9.89. The van der Waals surface area contributed by atoms with E-state index in [0.29, 0.717) is 50.2 Å². The number of hydrogen-bond donors (Lipinski definition) is 2. The Morgan fingerprint density at radius 1 is 1.07 bits per heavy atom. The number of carbonyl (C=O) groups excluding carboxylic acids is 2. The Bertz CT molecular complexity index is 1430. The first-order valence-corrected chi connectivity index (χ1v) is 13.5. The summed E-state index contributed by atoms with van der Waals surface area (Å²) < 4.78 is 29.0. The maximum Gasteiger partial charge on any atom is 0.327 e. The van der Waals surface area contributed by atoms with Crippen LogP contribution in [0.1, 0.15) is 46.9 Å². The molecule has 2 N–H and O–H groups in total. The van der Waals surface area contributed by atoms with Crippen LogP contribution in [0.2, 0.25) is 10.0 Å². The lowest BCUT2D eigenvalue weighted by Gasteiger charge is -2.33. The van der Waals surface area contributed by atoms with Crippen molar-refractivity contribution < 1.29 is 33.7 Å². The third-order valence-corrected chi connectivity index (χ3v) is 7.53. The van der Waals surface area contributed by atoms with E-state index >= 15 is 4.39 Å². The molecule has 1 aliphatic carbocycles. The van der Waals surface area contributed by atoms with Gasteiger partial charge in [0, 0.05) is 23.3 Å². The SMILES string of the molecule is CC(O)C(=O)N1C(=O)c2ccc(-c3ccc(Cl)cc3)c(Cc3ccc(Cl)cn3)c2[C@]1(F)OCC1(OCCO)CC1. The van der Waals surface area contributed by atoms with Gasteiger partial charge in [0.05, 0.1) is 41.6 Å². The molecule has 2 heterocycles. The molecule has 0 bridgehead atoms. The number of amides is 2. The largest absolute Gasteiger partial charge is 0.394 e. The molecule has 2 atom stereocenters. The number of aliphatic hydroxyl groups excluding tert-OH is 2. The zero-order valence-electron chi connectivity index (χ0n) is 21.6. The fourth-order valence-corrected chi connectivity index (χ4v) is 5.08. The number of ether oxygens (including phenoxy) is 2. The van der Waals surface area contributed by atoms with Gasteiger partial charge in [-0.2, -0.15) is 4.39 Å². The Balaban J connectivity index is 1.68. The summed E-state index contributed by atoms with van der Waals surface area (Å²) in [5.74, 6) is -5.13. The minimum atomic E-state index is -3.05. The summed E-state index contributed by atoms with van der Waals surface area (Å²) in [7, 11) is 0. The van der Waals surface area contributed by atoms with Gasteiger partial charge in [-0.15, -0.1) is 0 Å². The van der Waals surface area contributed by atoms with E-state index in [0.717, 1.165) is 6.92 Å². The number of alkyl halides is 1. The van der Waals surface area contributed by atoms with Crippen molar-refractivity contribution in [3.8, 4) is 11.1 Å². The van der Waals surface area contributed by atoms with Crippen LogP contribution in [0.5, 0.6) is 0 Å². The molecular weight excluding hydrogens is 562 g/mol. The predicted octanol–water partition coefficient (Wildman–Crippen LogP) is 4.65. The van der Waals surface area contributed by atoms with Crippen molar-refractivity contribution in [2.75, 3.05) is 19.8 Å². The van der Waals surface area contributed by atoms with Gasteiger partial charge in [-0.05, 0) is 66.8 Å². The van der Waals surface area contributed by atoms with Crippen LogP contribution < -0.4 is 0 Å². The van der Waals surface area contributed by atoms with Crippen LogP contribution in [0.4, 0.5) is 4.39 Å². The molecule has 210 valence electrons. The average molecular weight is 589 g/mol. The molecule has 2 aromatic carbocycles. The molecule has 3 aromatic rings. The number of carbonyl (C=O) groups is 2. The van der Waals surface area contributed by atoms with Crippen LogP contribution in [0.15, 0.2) is 54.7 Å². The number of pyridine rings is 1. The molecule has 0 spiro atoms. The van der Waals surface area contributed by atoms with Gasteiger partial charge in [0.1, 0.15) is 6.10 Å². The van der Waals surface area contributed by atoms with Crippen LogP contribution in [0, 0.1) is 0 Å². The lowest BCUT2D eigenvalue weighted by Crippen LogP contribution is -2.51. The highest BCUT2D eigenvalue weighted by atomic mass is 35.5. The molecule has 8 nitrogen and oxygen atoms in total. The molecule has 1 aromatic heterocycles. The third kappa shape index (κ3) is 5.37. The molecule has 11 heteroatoms. The zero-order chi connectivity index (χ0) is 28.7. The summed E-state index contributed by atoms with van der Waals surface area (Å²) in [6.07, 6.45) is 0.977. The van der Waals surface area contributed by atoms with E-state index in [1.807, 2.05) is 0 Å². The number of fused-ring (bicyclic) bond motifs is 1. The number of aromatic nitrogens is 1. The average Bonchev–Trinajstić information content (AvgIpc) is 3.68. The second kappa shape index (κ2) is 11.2. The maximum atomic E-state index is 17.5. The van der Waals surface area contributed by atoms with E-state index in [1.54, 1.807) is 42.5 Å². The summed E-state index contributed by atoms with van der Waals surface area (Å²) >= 11 is 12.1. The minimum absolute atomic E-state index is 0.0304. The molecular formula is C29H27Cl2FN2O6. The normalized spacial score (nSPS) is 19.9. The van der Waals surface area contributed by atoms with E-state index in [2.05, 4.69) is 4.98 Å². The predicted molar refractivity (Wildman–Crippen MR) is 146 cm³/mol. The lowest BCUT2D eigenvalue weighted by molar-refractivity contribution is -0.246. The molecule has 1 aliphatic heterocycles. The highest BCUT2D eigenvalue weighted by Crippen LogP contribution is 2.49. The Hall–Kier alpha value is -2.92. The number of aliphatic hydroxyl groups is 2. The van der Waals surface area contributed by atoms with Gasteiger partial charge in [0.15, 0.2) is 0 Å². The van der Waals surface area contributed by atoms with Gasteiger partial charge >= 0.3 is 5.98 Å². The number of hydrogen-bond acceptors (Lipinski definition) is 7. The molecule has 1 saturated carbocycles. The second-order valence-electron chi connectivity index (χ2n) is 9.93. The van der Waals surface area contributed by atoms with Crippen molar-refractivity contribution in [1.82, 2.24) is 9.88 Å². The molecule has 0 saturated heterocycles. The summed E-state index contributed by atoms with van der Waals surface area (Å²) in [6, 6.07) is 13.4. The van der Waals surface area contributed by atoms with E-state index in [1.165, 1.54) is 12.3 Å². The first kappa shape index (κ1) is 28.6. The topological polar surface area (TPSA) is 109 Å². The number of halogens is 3. The first-order chi connectivity index (χ1) is 19.1. The van der Waals surface area contributed by atoms with Gasteiger partial charge < -0.3 is 19.7 Å². The van der Waals surface area contributed by atoms with Crippen molar-refractivity contribution in [3.63, 3.8) is 0 Å². The Morgan fingerprint density at radius 3 is 2.35 bits per heavy atom. The van der Waals surface area contributed by atoms with Crippen LogP contribution in [-0.2, 0) is 26.7 Å². The van der Waals surface area contributed by atoms with Crippen LogP contribution in [0.3, 0.4) is 0 Å². The van der Waals surface area contributed by atoms with Crippen molar-refractivity contribution in [3.05, 3.63) is 87.2 Å². The van der Waals surface area contributed by atoms with Crippen LogP contribution in [-0.4, -0.2) is 63.4 Å². The Labute approximate surface area is 240 Å². The first-order valence-electron chi connectivity index (χ1n) is 12.8. The van der Waals surface area contributed by atoms with E-state index in [-0.39, 0.29) is 37.4 Å². The Morgan fingerprint density at radius 2 is 1.75 bits per heavy atom. The summed E-state index contributed by atoms with van der Waals surface area (Å²) in [6.45, 7) is 0.676. The third-order valence-electron chi connectivity index (χ3n) is 7.06. The zero-order valence-corrected chi connectivity index (χ0v) is 23.1. The highest BCUT2D eigenvalue weighted by molar-refractivity contribution is 6.30. The Kier molecular flexibility index (Phi) is 7.98. The van der Waals surface area contributed by atoms with Gasteiger partial charge in [0.25, 0.3) is 11.8 Å². The molecule has 1 fully saturated rings. The molecule has 5 rings (SSSR count). The van der Waals surface area contributed by atoms with Gasteiger partial charge in [-0.3, -0.25) is 14.6 Å². The smallest absolute Gasteiger partial charge is 0.327 e. The molecule has 2 aliphatic rings. The summed E-state index contributed by atoms with van der Waals surface area (Å²) in [5.41, 5.74) is 1.11. The number of benzene rings is 2.